The largest absolute Gasteiger partial charge is 0.325 e. The monoisotopic (exact) mass is 189 g/mol. The van der Waals surface area contributed by atoms with Gasteiger partial charge in [-0.1, -0.05) is 0 Å². The van der Waals surface area contributed by atoms with Crippen LogP contribution in [0.4, 0.5) is 0 Å². The van der Waals surface area contributed by atoms with Crippen LogP contribution in [0.1, 0.15) is 26.2 Å². The lowest BCUT2D eigenvalue weighted by molar-refractivity contribution is 0.320. The zero-order valence-corrected chi connectivity index (χ0v) is 8.15. The molecule has 0 amide bonds. The van der Waals surface area contributed by atoms with Crippen LogP contribution in [0.25, 0.3) is 0 Å². The van der Waals surface area contributed by atoms with Crippen LogP contribution >= 0.6 is 0 Å². The number of hydrogen-bond acceptors (Lipinski definition) is 3. The first kappa shape index (κ1) is 8.51. The highest BCUT2D eigenvalue weighted by molar-refractivity contribution is 7.92. The minimum absolute atomic E-state index is 0.0718. The highest BCUT2D eigenvalue weighted by Crippen LogP contribution is 2.50. The van der Waals surface area contributed by atoms with Crippen molar-refractivity contribution in [1.29, 1.82) is 0 Å². The lowest BCUT2D eigenvalue weighted by Gasteiger charge is -2.38. The van der Waals surface area contributed by atoms with Gasteiger partial charge in [-0.05, 0) is 31.6 Å². The molecular formula is C8H15NO2S. The van der Waals surface area contributed by atoms with Crippen molar-refractivity contribution >= 4 is 9.84 Å². The minimum Gasteiger partial charge on any atom is -0.325 e. The van der Waals surface area contributed by atoms with Crippen LogP contribution in [-0.4, -0.2) is 25.5 Å². The van der Waals surface area contributed by atoms with Crippen molar-refractivity contribution in [3.63, 3.8) is 0 Å². The average molecular weight is 189 g/mol. The molecule has 1 unspecified atom stereocenters. The average Bonchev–Trinajstić information content (AvgIpc) is 2.03. The molecular weight excluding hydrogens is 174 g/mol. The third-order valence-corrected chi connectivity index (χ3v) is 5.16. The first-order valence-corrected chi connectivity index (χ1v) is 6.14. The third-order valence-electron chi connectivity index (χ3n) is 3.06. The van der Waals surface area contributed by atoms with E-state index in [-0.39, 0.29) is 11.0 Å². The van der Waals surface area contributed by atoms with Crippen LogP contribution in [0.15, 0.2) is 0 Å². The second-order valence-electron chi connectivity index (χ2n) is 4.86. The zero-order valence-electron chi connectivity index (χ0n) is 7.34. The van der Waals surface area contributed by atoms with E-state index in [9.17, 15) is 8.42 Å². The van der Waals surface area contributed by atoms with Crippen LogP contribution in [0.3, 0.4) is 0 Å². The highest BCUT2D eigenvalue weighted by atomic mass is 32.2. The molecule has 3 nitrogen and oxygen atoms in total. The second kappa shape index (κ2) is 2.04. The van der Waals surface area contributed by atoms with Crippen molar-refractivity contribution in [3.8, 4) is 0 Å². The van der Waals surface area contributed by atoms with Crippen molar-refractivity contribution in [1.82, 2.24) is 0 Å². The summed E-state index contributed by atoms with van der Waals surface area (Å²) in [5.74, 6) is 0.763. The maximum atomic E-state index is 11.0. The molecule has 2 aliphatic rings. The van der Waals surface area contributed by atoms with Gasteiger partial charge in [0.15, 0.2) is 9.84 Å². The zero-order chi connectivity index (χ0) is 9.04. The maximum Gasteiger partial charge on any atom is 0.151 e. The first-order valence-electron chi connectivity index (χ1n) is 4.32. The van der Waals surface area contributed by atoms with Crippen LogP contribution in [0, 0.1) is 5.41 Å². The van der Waals surface area contributed by atoms with Gasteiger partial charge in [0.25, 0.3) is 0 Å². The lowest BCUT2D eigenvalue weighted by Crippen LogP contribution is -2.48. The van der Waals surface area contributed by atoms with Crippen LogP contribution in [0.2, 0.25) is 0 Å². The topological polar surface area (TPSA) is 60.2 Å². The van der Waals surface area contributed by atoms with E-state index in [1.807, 2.05) is 6.92 Å². The molecule has 0 bridgehead atoms. The van der Waals surface area contributed by atoms with Crippen molar-refractivity contribution in [3.05, 3.63) is 0 Å². The summed E-state index contributed by atoms with van der Waals surface area (Å²) in [6, 6.07) is 0. The molecule has 70 valence electrons. The summed E-state index contributed by atoms with van der Waals surface area (Å²) in [6.07, 6.45) is 2.86. The smallest absolute Gasteiger partial charge is 0.151 e. The summed E-state index contributed by atoms with van der Waals surface area (Å²) in [5, 5.41) is 0. The molecule has 2 rings (SSSR count). The SMILES string of the molecule is CC1(N)CCC2(C1)CS(=O)(=O)C2. The number of sulfone groups is 1. The first-order chi connectivity index (χ1) is 5.33. The Hall–Kier alpha value is -0.0900. The molecule has 0 aromatic rings. The Morgan fingerprint density at radius 3 is 2.17 bits per heavy atom. The standard InChI is InChI=1S/C8H15NO2S/c1-7(9)2-3-8(4-7)5-12(10,11)6-8/h2-6,9H2,1H3. The van der Waals surface area contributed by atoms with Crippen LogP contribution in [0.5, 0.6) is 0 Å². The predicted molar refractivity (Wildman–Crippen MR) is 47.5 cm³/mol. The molecule has 4 heteroatoms. The third kappa shape index (κ3) is 1.27. The van der Waals surface area contributed by atoms with Gasteiger partial charge in [-0.25, -0.2) is 8.42 Å². The maximum absolute atomic E-state index is 11.0. The lowest BCUT2D eigenvalue weighted by atomic mass is 9.87. The fourth-order valence-electron chi connectivity index (χ4n) is 2.72. The van der Waals surface area contributed by atoms with Crippen molar-refractivity contribution in [2.24, 2.45) is 11.1 Å². The van der Waals surface area contributed by atoms with Crippen LogP contribution < -0.4 is 5.73 Å². The summed E-state index contributed by atoms with van der Waals surface area (Å²) in [5.41, 5.74) is 5.91. The molecule has 0 aromatic heterocycles. The summed E-state index contributed by atoms with van der Waals surface area (Å²) < 4.78 is 22.0. The van der Waals surface area contributed by atoms with Crippen molar-refractivity contribution in [2.45, 2.75) is 31.7 Å². The van der Waals surface area contributed by atoms with Gasteiger partial charge >= 0.3 is 0 Å². The van der Waals surface area contributed by atoms with E-state index in [1.54, 1.807) is 0 Å². The summed E-state index contributed by atoms with van der Waals surface area (Å²) >= 11 is 0. The van der Waals surface area contributed by atoms with Gasteiger partial charge in [0.05, 0.1) is 11.5 Å². The molecule has 0 radical (unpaired) electrons. The van der Waals surface area contributed by atoms with Crippen LogP contribution in [-0.2, 0) is 9.84 Å². The van der Waals surface area contributed by atoms with E-state index >= 15 is 0 Å². The summed E-state index contributed by atoms with van der Waals surface area (Å²) in [6.45, 7) is 2.02. The minimum atomic E-state index is -2.68. The fourth-order valence-corrected chi connectivity index (χ4v) is 5.00. The van der Waals surface area contributed by atoms with E-state index in [1.165, 1.54) is 0 Å². The predicted octanol–water partition coefficient (Wildman–Crippen LogP) is 0.302. The van der Waals surface area contributed by atoms with Gasteiger partial charge in [-0.15, -0.1) is 0 Å². The van der Waals surface area contributed by atoms with Gasteiger partial charge < -0.3 is 5.73 Å². The van der Waals surface area contributed by atoms with Gasteiger partial charge in [-0.2, -0.15) is 0 Å². The fraction of sp³-hybridized carbons (Fsp3) is 1.00. The second-order valence-corrected chi connectivity index (χ2v) is 6.93. The van der Waals surface area contributed by atoms with E-state index < -0.39 is 9.84 Å². The van der Waals surface area contributed by atoms with Gasteiger partial charge in [0, 0.05) is 5.54 Å². The van der Waals surface area contributed by atoms with Crippen molar-refractivity contribution < 1.29 is 8.42 Å². The molecule has 1 aliphatic heterocycles. The van der Waals surface area contributed by atoms with Gasteiger partial charge in [0.2, 0.25) is 0 Å². The molecule has 2 N–H and O–H groups in total. The molecule has 12 heavy (non-hydrogen) atoms. The Bertz CT molecular complexity index is 293. The number of hydrogen-bond donors (Lipinski definition) is 1. The van der Waals surface area contributed by atoms with Gasteiger partial charge in [0.1, 0.15) is 0 Å². The van der Waals surface area contributed by atoms with E-state index in [0.29, 0.717) is 11.5 Å². The Labute approximate surface area is 73.2 Å². The Kier molecular flexibility index (Phi) is 1.45. The molecule has 1 saturated heterocycles. The molecule has 1 saturated carbocycles. The highest BCUT2D eigenvalue weighted by Gasteiger charge is 2.54. The molecule has 1 atom stereocenters. The van der Waals surface area contributed by atoms with E-state index in [4.69, 9.17) is 5.73 Å². The van der Waals surface area contributed by atoms with Gasteiger partial charge in [-0.3, -0.25) is 0 Å². The Morgan fingerprint density at radius 2 is 1.83 bits per heavy atom. The quantitative estimate of drug-likeness (QED) is 0.596. The Morgan fingerprint density at radius 1 is 1.25 bits per heavy atom. The normalized spacial score (nSPS) is 42.8. The number of rotatable bonds is 0. The number of nitrogens with two attached hydrogens (primary N) is 1. The molecule has 1 aliphatic carbocycles. The molecule has 0 aromatic carbocycles. The molecule has 1 spiro atoms. The summed E-state index contributed by atoms with van der Waals surface area (Å²) in [4.78, 5) is 0. The molecule has 1 heterocycles. The molecule has 2 fully saturated rings. The Balaban J connectivity index is 2.11. The van der Waals surface area contributed by atoms with E-state index in [0.717, 1.165) is 19.3 Å². The van der Waals surface area contributed by atoms with Crippen molar-refractivity contribution in [2.75, 3.05) is 11.5 Å². The van der Waals surface area contributed by atoms with E-state index in [2.05, 4.69) is 0 Å². The summed E-state index contributed by atoms with van der Waals surface area (Å²) in [7, 11) is -2.68.